The Labute approximate surface area is 496 Å². The smallest absolute Gasteiger partial charge is 0.407 e. The van der Waals surface area contributed by atoms with Crippen molar-refractivity contribution in [3.05, 3.63) is 167 Å². The fourth-order valence-electron chi connectivity index (χ4n) is 9.27. The Morgan fingerprint density at radius 3 is 1.30 bits per heavy atom. The van der Waals surface area contributed by atoms with Crippen molar-refractivity contribution in [3.8, 4) is 11.1 Å². The van der Waals surface area contributed by atoms with Crippen LogP contribution in [0.2, 0.25) is 0 Å². The number of hydrogen-bond acceptors (Lipinski definition) is 17. The molecule has 24 nitrogen and oxygen atoms in total. The highest BCUT2D eigenvalue weighted by atomic mass is 16.5. The maximum atomic E-state index is 14.6. The standard InChI is InChI=1S/C50H51N5O10.C12H21N3O6/c1-31(56)29-51-48(62)45(32(2)57)54-47(61)42(28-44(59)64-3)52-46(60)41(53-49(63)65-30-40-38-25-15-13-23-36(38)37-24-14-16-26-39(37)40)27-43(58)55-50(33-17-7-4-8-18-33,34-19-9-5-10-20-34)35-21-11-6-12-22-35;1-6(16)5-14-12(20)10(7(2)17)15-11(19)8(13)4-9(18)21-3/h4-26,32,40-42,45,57H,27-30H2,1-3H3,(H,51,62)(H,52,60)(H,53,63)(H,54,61)(H,55,58);7-8,10,17H,4-5,13H2,1-3H3,(H,14,20)(H,15,19). The molecule has 7 amide bonds. The SMILES string of the molecule is COC(=O)CC(N)C(=O)NC(C(=O)NCC(C)=O)C(C)O.COC(=O)CC(NC(=O)C(CC(=O)NC(c1ccccc1)(c1ccccc1)c1ccccc1)NC(=O)OCC1c2ccccc2-c2ccccc21)C(=O)NC(C(=O)NCC(C)=O)C(C)O. The third kappa shape index (κ3) is 18.7. The van der Waals surface area contributed by atoms with Crippen molar-refractivity contribution >= 4 is 65.0 Å². The molecule has 0 fully saturated rings. The second-order valence-corrected chi connectivity index (χ2v) is 20.1. The molecule has 456 valence electrons. The number of amides is 7. The van der Waals surface area contributed by atoms with Gasteiger partial charge in [0.2, 0.25) is 35.4 Å². The van der Waals surface area contributed by atoms with E-state index in [1.807, 2.05) is 140 Å². The molecule has 5 aromatic rings. The third-order valence-electron chi connectivity index (χ3n) is 13.6. The number of methoxy groups -OCH3 is 2. The predicted octanol–water partition coefficient (Wildman–Crippen LogP) is 1.46. The van der Waals surface area contributed by atoms with Crippen LogP contribution >= 0.6 is 0 Å². The summed E-state index contributed by atoms with van der Waals surface area (Å²) in [7, 11) is 2.22. The van der Waals surface area contributed by atoms with E-state index in [1.165, 1.54) is 27.7 Å². The van der Waals surface area contributed by atoms with Crippen molar-refractivity contribution in [2.45, 2.75) is 101 Å². The van der Waals surface area contributed by atoms with Crippen molar-refractivity contribution in [2.24, 2.45) is 5.73 Å². The number of nitrogens with one attached hydrogen (secondary N) is 7. The molecule has 6 rings (SSSR count). The summed E-state index contributed by atoms with van der Waals surface area (Å²) in [4.78, 5) is 139. The Balaban J connectivity index is 0.000000546. The molecule has 24 heteroatoms. The first kappa shape index (κ1) is 67.1. The van der Waals surface area contributed by atoms with E-state index in [1.54, 1.807) is 0 Å². The zero-order valence-corrected chi connectivity index (χ0v) is 48.3. The van der Waals surface area contributed by atoms with Crippen LogP contribution in [0.1, 0.15) is 80.7 Å². The van der Waals surface area contributed by atoms with Crippen molar-refractivity contribution in [1.29, 1.82) is 0 Å². The number of ether oxygens (including phenoxy) is 3. The van der Waals surface area contributed by atoms with Gasteiger partial charge in [0.1, 0.15) is 47.9 Å². The third-order valence-corrected chi connectivity index (χ3v) is 13.6. The molecule has 0 heterocycles. The molecule has 7 atom stereocenters. The molecule has 86 heavy (non-hydrogen) atoms. The largest absolute Gasteiger partial charge is 0.469 e. The lowest BCUT2D eigenvalue weighted by molar-refractivity contribution is -0.144. The number of nitrogens with two attached hydrogens (primary N) is 1. The van der Waals surface area contributed by atoms with Gasteiger partial charge in [-0.1, -0.05) is 140 Å². The van der Waals surface area contributed by atoms with Gasteiger partial charge >= 0.3 is 18.0 Å². The second kappa shape index (κ2) is 32.4. The average Bonchev–Trinajstić information content (AvgIpc) is 1.27. The lowest BCUT2D eigenvalue weighted by Crippen LogP contribution is -2.60. The molecule has 0 aromatic heterocycles. The Morgan fingerprint density at radius 1 is 0.500 bits per heavy atom. The monoisotopic (exact) mass is 1180 g/mol. The van der Waals surface area contributed by atoms with Crippen molar-refractivity contribution < 1.29 is 77.2 Å². The number of carbonyl (C=O) groups excluding carboxylic acids is 11. The average molecular weight is 1190 g/mol. The van der Waals surface area contributed by atoms with Crippen LogP contribution in [0, 0.1) is 0 Å². The minimum atomic E-state index is -1.75. The van der Waals surface area contributed by atoms with Gasteiger partial charge in [-0.25, -0.2) is 4.79 Å². The second-order valence-electron chi connectivity index (χ2n) is 20.1. The molecule has 0 radical (unpaired) electrons. The Bertz CT molecular complexity index is 3060. The topological polar surface area (TPSA) is 366 Å². The summed E-state index contributed by atoms with van der Waals surface area (Å²) < 4.78 is 14.9. The first-order valence-corrected chi connectivity index (χ1v) is 27.3. The number of fused-ring (bicyclic) bond motifs is 3. The highest BCUT2D eigenvalue weighted by Gasteiger charge is 2.40. The summed E-state index contributed by atoms with van der Waals surface area (Å²) in [6.07, 6.45) is -5.54. The van der Waals surface area contributed by atoms with Gasteiger partial charge in [-0.2, -0.15) is 0 Å². The molecule has 11 N–H and O–H groups in total. The minimum absolute atomic E-state index is 0.126. The van der Waals surface area contributed by atoms with E-state index in [2.05, 4.69) is 42.0 Å². The molecular formula is C62H72N8O16. The van der Waals surface area contributed by atoms with E-state index in [0.29, 0.717) is 16.7 Å². The summed E-state index contributed by atoms with van der Waals surface area (Å²) in [6.45, 7) is 4.31. The van der Waals surface area contributed by atoms with Crippen LogP contribution in [-0.2, 0) is 67.7 Å². The van der Waals surface area contributed by atoms with Gasteiger partial charge in [-0.15, -0.1) is 0 Å². The zero-order chi connectivity index (χ0) is 63.1. The number of ketones is 2. The van der Waals surface area contributed by atoms with Crippen LogP contribution in [0.15, 0.2) is 140 Å². The summed E-state index contributed by atoms with van der Waals surface area (Å²) >= 11 is 0. The van der Waals surface area contributed by atoms with Gasteiger partial charge in [0.25, 0.3) is 0 Å². The fourth-order valence-corrected chi connectivity index (χ4v) is 9.27. The van der Waals surface area contributed by atoms with Crippen molar-refractivity contribution in [1.82, 2.24) is 37.2 Å². The summed E-state index contributed by atoms with van der Waals surface area (Å²) in [5, 5.41) is 37.2. The van der Waals surface area contributed by atoms with Crippen molar-refractivity contribution in [2.75, 3.05) is 33.9 Å². The van der Waals surface area contributed by atoms with Gasteiger partial charge in [0.05, 0.1) is 64.8 Å². The number of esters is 2. The molecular weight excluding hydrogens is 1110 g/mol. The first-order valence-electron chi connectivity index (χ1n) is 27.3. The van der Waals surface area contributed by atoms with Gasteiger partial charge in [0.15, 0.2) is 0 Å². The number of Topliss-reactive ketones (excluding diaryl/α,β-unsaturated/α-hetero) is 2. The maximum Gasteiger partial charge on any atom is 0.407 e. The van der Waals surface area contributed by atoms with E-state index in [-0.39, 0.29) is 37.8 Å². The van der Waals surface area contributed by atoms with E-state index >= 15 is 0 Å². The lowest BCUT2D eigenvalue weighted by atomic mass is 9.77. The number of alkyl carbamates (subject to hydrolysis) is 1. The molecule has 7 unspecified atom stereocenters. The molecule has 1 aliphatic rings. The summed E-state index contributed by atoms with van der Waals surface area (Å²) in [6, 6.07) is 35.6. The van der Waals surface area contributed by atoms with Gasteiger partial charge in [-0.3, -0.25) is 47.9 Å². The lowest BCUT2D eigenvalue weighted by Gasteiger charge is -2.37. The van der Waals surface area contributed by atoms with Crippen LogP contribution in [-0.4, -0.2) is 152 Å². The Hall–Kier alpha value is -9.65. The maximum absolute atomic E-state index is 14.6. The minimum Gasteiger partial charge on any atom is -0.469 e. The summed E-state index contributed by atoms with van der Waals surface area (Å²) in [5.41, 5.74) is 10.1. The van der Waals surface area contributed by atoms with E-state index in [9.17, 15) is 63.0 Å². The quantitative estimate of drug-likeness (QED) is 0.0202. The number of carbonyl (C=O) groups is 11. The highest BCUT2D eigenvalue weighted by Crippen LogP contribution is 2.44. The number of rotatable bonds is 27. The first-order chi connectivity index (χ1) is 41.0. The van der Waals surface area contributed by atoms with Crippen LogP contribution in [0.5, 0.6) is 0 Å². The van der Waals surface area contributed by atoms with Gasteiger partial charge < -0.3 is 67.4 Å². The van der Waals surface area contributed by atoms with Gasteiger partial charge in [-0.05, 0) is 66.6 Å². The molecule has 0 bridgehead atoms. The molecule has 5 aromatic carbocycles. The zero-order valence-electron chi connectivity index (χ0n) is 48.3. The van der Waals surface area contributed by atoms with Crippen LogP contribution in [0.4, 0.5) is 4.79 Å². The Morgan fingerprint density at radius 2 is 0.884 bits per heavy atom. The number of aliphatic hydroxyl groups is 2. The molecule has 0 saturated heterocycles. The Kier molecular flexibility index (Phi) is 25.3. The number of aliphatic hydroxyl groups excluding tert-OH is 2. The normalized spacial score (nSPS) is 13.8. The molecule has 0 aliphatic heterocycles. The molecule has 0 saturated carbocycles. The predicted molar refractivity (Wildman–Crippen MR) is 312 cm³/mol. The van der Waals surface area contributed by atoms with Gasteiger partial charge in [0, 0.05) is 5.92 Å². The number of benzene rings is 5. The molecule has 1 aliphatic carbocycles. The van der Waals surface area contributed by atoms with Crippen LogP contribution in [0.3, 0.4) is 0 Å². The molecule has 0 spiro atoms. The fraction of sp³-hybridized carbons (Fsp3) is 0.339. The van der Waals surface area contributed by atoms with E-state index in [0.717, 1.165) is 36.5 Å². The van der Waals surface area contributed by atoms with E-state index in [4.69, 9.17) is 15.2 Å². The van der Waals surface area contributed by atoms with Crippen LogP contribution < -0.4 is 43.0 Å². The van der Waals surface area contributed by atoms with Crippen molar-refractivity contribution in [3.63, 3.8) is 0 Å². The van der Waals surface area contributed by atoms with E-state index < -0.39 is 120 Å². The summed E-state index contributed by atoms with van der Waals surface area (Å²) in [5.74, 6) is -7.89. The highest BCUT2D eigenvalue weighted by molar-refractivity contribution is 5.98. The van der Waals surface area contributed by atoms with Crippen LogP contribution in [0.25, 0.3) is 11.1 Å². The number of hydrogen-bond donors (Lipinski definition) is 10.